The third kappa shape index (κ3) is 7.42. The Morgan fingerprint density at radius 2 is 1.93 bits per heavy atom. The summed E-state index contributed by atoms with van der Waals surface area (Å²) < 4.78 is 7.30. The molecule has 0 saturated heterocycles. The highest BCUT2D eigenvalue weighted by molar-refractivity contribution is 5.89. The number of nitrogens with zero attached hydrogens (tertiary/aromatic N) is 3. The summed E-state index contributed by atoms with van der Waals surface area (Å²) in [6.45, 7) is 13.2. The number of benzene rings is 1. The van der Waals surface area contributed by atoms with Crippen molar-refractivity contribution in [2.24, 2.45) is 0 Å². The average molecular weight is 416 g/mol. The molecular formula is C22H33N5O3. The van der Waals surface area contributed by atoms with E-state index in [-0.39, 0.29) is 12.1 Å². The van der Waals surface area contributed by atoms with E-state index in [0.29, 0.717) is 31.9 Å². The van der Waals surface area contributed by atoms with Gasteiger partial charge in [-0.2, -0.15) is 5.10 Å². The Morgan fingerprint density at radius 3 is 2.53 bits per heavy atom. The first-order valence-corrected chi connectivity index (χ1v) is 10.2. The van der Waals surface area contributed by atoms with Gasteiger partial charge in [0.25, 0.3) is 0 Å². The first-order valence-electron chi connectivity index (χ1n) is 10.2. The molecule has 2 aromatic rings. The van der Waals surface area contributed by atoms with Crippen molar-refractivity contribution < 1.29 is 14.3 Å². The maximum absolute atomic E-state index is 12.2. The third-order valence-corrected chi connectivity index (χ3v) is 4.32. The van der Waals surface area contributed by atoms with Gasteiger partial charge in [0.2, 0.25) is 0 Å². The number of carbonyl (C=O) groups is 2. The summed E-state index contributed by atoms with van der Waals surface area (Å²) in [7, 11) is 0. The van der Waals surface area contributed by atoms with E-state index in [4.69, 9.17) is 4.74 Å². The topological polar surface area (TPSA) is 88.5 Å². The lowest BCUT2D eigenvalue weighted by atomic mass is 10.2. The van der Waals surface area contributed by atoms with Crippen molar-refractivity contribution >= 4 is 17.8 Å². The normalized spacial score (nSPS) is 11.1. The van der Waals surface area contributed by atoms with Crippen molar-refractivity contribution in [1.29, 1.82) is 0 Å². The summed E-state index contributed by atoms with van der Waals surface area (Å²) in [6, 6.07) is 9.38. The first kappa shape index (κ1) is 23.3. The number of likely N-dealkylation sites (N-methyl/N-ethyl adjacent to an activating group) is 1. The molecule has 0 aliphatic carbocycles. The summed E-state index contributed by atoms with van der Waals surface area (Å²) in [6.07, 6.45) is -0.385. The molecule has 3 amide bonds. The summed E-state index contributed by atoms with van der Waals surface area (Å²) in [4.78, 5) is 25.9. The zero-order chi connectivity index (χ0) is 22.3. The molecule has 1 aromatic heterocycles. The SMILES string of the molecule is CCN(CCNC(=O)Nc1cccc(Cn2nc(C)cc2C)c1)C(=O)OC(C)(C)C. The molecule has 2 N–H and O–H groups in total. The lowest BCUT2D eigenvalue weighted by Crippen LogP contribution is -2.42. The van der Waals surface area contributed by atoms with E-state index in [0.717, 1.165) is 17.0 Å². The third-order valence-electron chi connectivity index (χ3n) is 4.32. The van der Waals surface area contributed by atoms with Crippen LogP contribution < -0.4 is 10.6 Å². The minimum Gasteiger partial charge on any atom is -0.444 e. The fourth-order valence-corrected chi connectivity index (χ4v) is 2.94. The number of hydrogen-bond donors (Lipinski definition) is 2. The number of aryl methyl sites for hydroxylation is 2. The van der Waals surface area contributed by atoms with E-state index >= 15 is 0 Å². The van der Waals surface area contributed by atoms with E-state index in [2.05, 4.69) is 15.7 Å². The Hall–Kier alpha value is -3.03. The van der Waals surface area contributed by atoms with Crippen molar-refractivity contribution in [2.45, 2.75) is 53.7 Å². The number of urea groups is 1. The summed E-state index contributed by atoms with van der Waals surface area (Å²) in [5.74, 6) is 0. The first-order chi connectivity index (χ1) is 14.1. The smallest absolute Gasteiger partial charge is 0.410 e. The van der Waals surface area contributed by atoms with Crippen molar-refractivity contribution in [3.63, 3.8) is 0 Å². The van der Waals surface area contributed by atoms with Gasteiger partial charge in [-0.25, -0.2) is 9.59 Å². The predicted molar refractivity (Wildman–Crippen MR) is 118 cm³/mol. The number of ether oxygens (including phenoxy) is 1. The van der Waals surface area contributed by atoms with Crippen molar-refractivity contribution in [3.05, 3.63) is 47.3 Å². The number of carbonyl (C=O) groups excluding carboxylic acids is 2. The lowest BCUT2D eigenvalue weighted by molar-refractivity contribution is 0.0263. The zero-order valence-corrected chi connectivity index (χ0v) is 18.8. The summed E-state index contributed by atoms with van der Waals surface area (Å²) >= 11 is 0. The number of anilines is 1. The Labute approximate surface area is 178 Å². The van der Waals surface area contributed by atoms with Gasteiger partial charge < -0.3 is 20.3 Å². The molecule has 0 unspecified atom stereocenters. The van der Waals surface area contributed by atoms with E-state index < -0.39 is 5.60 Å². The predicted octanol–water partition coefficient (Wildman–Crippen LogP) is 3.93. The molecular weight excluding hydrogens is 382 g/mol. The Morgan fingerprint density at radius 1 is 1.20 bits per heavy atom. The van der Waals surface area contributed by atoms with Crippen LogP contribution in [-0.2, 0) is 11.3 Å². The van der Waals surface area contributed by atoms with Crippen LogP contribution in [0.2, 0.25) is 0 Å². The Kier molecular flexibility index (Phi) is 7.86. The van der Waals surface area contributed by atoms with Gasteiger partial charge in [-0.15, -0.1) is 0 Å². The van der Waals surface area contributed by atoms with Gasteiger partial charge in [0.05, 0.1) is 12.2 Å². The molecule has 0 aliphatic heterocycles. The molecule has 2 rings (SSSR count). The van der Waals surface area contributed by atoms with Crippen LogP contribution in [0.3, 0.4) is 0 Å². The maximum atomic E-state index is 12.2. The van der Waals surface area contributed by atoms with E-state index in [1.54, 1.807) is 4.90 Å². The number of rotatable bonds is 7. The molecule has 8 nitrogen and oxygen atoms in total. The van der Waals surface area contributed by atoms with Gasteiger partial charge in [0.1, 0.15) is 5.60 Å². The maximum Gasteiger partial charge on any atom is 0.410 e. The van der Waals surface area contributed by atoms with Gasteiger partial charge in [-0.05, 0) is 65.3 Å². The second-order valence-corrected chi connectivity index (χ2v) is 8.23. The van der Waals surface area contributed by atoms with Crippen molar-refractivity contribution in [2.75, 3.05) is 25.0 Å². The fraction of sp³-hybridized carbons (Fsp3) is 0.500. The van der Waals surface area contributed by atoms with Gasteiger partial charge in [-0.3, -0.25) is 4.68 Å². The highest BCUT2D eigenvalue weighted by atomic mass is 16.6. The quantitative estimate of drug-likeness (QED) is 0.717. The number of aromatic nitrogens is 2. The molecule has 0 atom stereocenters. The van der Waals surface area contributed by atoms with E-state index in [9.17, 15) is 9.59 Å². The van der Waals surface area contributed by atoms with Crippen LogP contribution in [0.15, 0.2) is 30.3 Å². The molecule has 8 heteroatoms. The van der Waals surface area contributed by atoms with Gasteiger partial charge >= 0.3 is 12.1 Å². The second-order valence-electron chi connectivity index (χ2n) is 8.23. The van der Waals surface area contributed by atoms with Crippen LogP contribution in [0, 0.1) is 13.8 Å². The van der Waals surface area contributed by atoms with Gasteiger partial charge in [0, 0.05) is 31.0 Å². The number of amides is 3. The van der Waals surface area contributed by atoms with Crippen LogP contribution in [0.1, 0.15) is 44.6 Å². The molecule has 164 valence electrons. The minimum absolute atomic E-state index is 0.321. The molecule has 0 spiro atoms. The van der Waals surface area contributed by atoms with Crippen molar-refractivity contribution in [3.8, 4) is 0 Å². The van der Waals surface area contributed by atoms with Gasteiger partial charge in [-0.1, -0.05) is 12.1 Å². The zero-order valence-electron chi connectivity index (χ0n) is 18.8. The largest absolute Gasteiger partial charge is 0.444 e. The molecule has 1 heterocycles. The minimum atomic E-state index is -0.548. The fourth-order valence-electron chi connectivity index (χ4n) is 2.94. The standard InChI is InChI=1S/C22H33N5O3/c1-7-26(21(29)30-22(4,5)6)12-11-23-20(28)24-19-10-8-9-18(14-19)15-27-17(3)13-16(2)25-27/h8-10,13-14H,7,11-12,15H2,1-6H3,(H2,23,24,28). The van der Waals surface area contributed by atoms with Crippen LogP contribution in [0.4, 0.5) is 15.3 Å². The van der Waals surface area contributed by atoms with Crippen LogP contribution in [-0.4, -0.2) is 52.0 Å². The molecule has 30 heavy (non-hydrogen) atoms. The Balaban J connectivity index is 1.84. The molecule has 0 saturated carbocycles. The monoisotopic (exact) mass is 415 g/mol. The van der Waals surface area contributed by atoms with Crippen LogP contribution in [0.5, 0.6) is 0 Å². The number of hydrogen-bond acceptors (Lipinski definition) is 4. The second kappa shape index (κ2) is 10.1. The summed E-state index contributed by atoms with van der Waals surface area (Å²) in [5.41, 5.74) is 3.27. The molecule has 0 radical (unpaired) electrons. The van der Waals surface area contributed by atoms with Crippen LogP contribution in [0.25, 0.3) is 0 Å². The molecule has 1 aromatic carbocycles. The molecule has 0 fully saturated rings. The van der Waals surface area contributed by atoms with E-state index in [1.165, 1.54) is 0 Å². The van der Waals surface area contributed by atoms with Gasteiger partial charge in [0.15, 0.2) is 0 Å². The number of nitrogens with one attached hydrogen (secondary N) is 2. The highest BCUT2D eigenvalue weighted by Gasteiger charge is 2.20. The van der Waals surface area contributed by atoms with E-state index in [1.807, 2.05) is 76.6 Å². The molecule has 0 aliphatic rings. The Bertz CT molecular complexity index is 870. The highest BCUT2D eigenvalue weighted by Crippen LogP contribution is 2.13. The average Bonchev–Trinajstić information content (AvgIpc) is 2.94. The molecule has 0 bridgehead atoms. The summed E-state index contributed by atoms with van der Waals surface area (Å²) in [5, 5.41) is 10.1. The van der Waals surface area contributed by atoms with Crippen LogP contribution >= 0.6 is 0 Å². The lowest BCUT2D eigenvalue weighted by Gasteiger charge is -2.26. The van der Waals surface area contributed by atoms with Crippen molar-refractivity contribution in [1.82, 2.24) is 20.0 Å².